The van der Waals surface area contributed by atoms with Gasteiger partial charge in [-0.25, -0.2) is 4.79 Å². The summed E-state index contributed by atoms with van der Waals surface area (Å²) >= 11 is 5.56. The number of halogens is 1. The Balaban J connectivity index is 3.05. The van der Waals surface area contributed by atoms with Crippen LogP contribution in [-0.2, 0) is 6.54 Å². The second-order valence-electron chi connectivity index (χ2n) is 3.55. The number of hydrogen-bond donors (Lipinski definition) is 1. The average Bonchev–Trinajstić information content (AvgIpc) is 2.17. The van der Waals surface area contributed by atoms with Crippen LogP contribution in [0.25, 0.3) is 0 Å². The first-order valence-corrected chi connectivity index (χ1v) is 5.45. The van der Waals surface area contributed by atoms with E-state index in [4.69, 9.17) is 11.6 Å². The van der Waals surface area contributed by atoms with Crippen LogP contribution in [0.3, 0.4) is 0 Å². The molecule has 0 saturated heterocycles. The van der Waals surface area contributed by atoms with E-state index in [0.717, 1.165) is 12.8 Å². The molecule has 0 saturated carbocycles. The van der Waals surface area contributed by atoms with E-state index >= 15 is 0 Å². The molecule has 1 aromatic heterocycles. The summed E-state index contributed by atoms with van der Waals surface area (Å²) in [5, 5.41) is 0.0887. The maximum absolute atomic E-state index is 11.5. The van der Waals surface area contributed by atoms with E-state index in [1.807, 2.05) is 13.8 Å². The van der Waals surface area contributed by atoms with Gasteiger partial charge >= 0.3 is 5.69 Å². The third-order valence-electron chi connectivity index (χ3n) is 2.58. The molecule has 0 atom stereocenters. The van der Waals surface area contributed by atoms with Gasteiger partial charge in [0.25, 0.3) is 5.56 Å². The largest absolute Gasteiger partial charge is 0.329 e. The first-order chi connectivity index (χ1) is 7.08. The Morgan fingerprint density at radius 3 is 2.47 bits per heavy atom. The van der Waals surface area contributed by atoms with Crippen LogP contribution in [-0.4, -0.2) is 9.55 Å². The van der Waals surface area contributed by atoms with Gasteiger partial charge in [0.05, 0.1) is 0 Å². The lowest BCUT2D eigenvalue weighted by molar-refractivity contribution is 0.402. The molecule has 1 N–H and O–H groups in total. The van der Waals surface area contributed by atoms with Gasteiger partial charge in [0.1, 0.15) is 5.15 Å². The van der Waals surface area contributed by atoms with Crippen molar-refractivity contribution in [3.05, 3.63) is 32.1 Å². The highest BCUT2D eigenvalue weighted by molar-refractivity contribution is 6.29. The fourth-order valence-electron chi connectivity index (χ4n) is 1.47. The van der Waals surface area contributed by atoms with Crippen LogP contribution in [0.1, 0.15) is 26.7 Å². The Morgan fingerprint density at radius 1 is 1.40 bits per heavy atom. The van der Waals surface area contributed by atoms with E-state index < -0.39 is 5.69 Å². The summed E-state index contributed by atoms with van der Waals surface area (Å²) in [5.41, 5.74) is -0.768. The van der Waals surface area contributed by atoms with Gasteiger partial charge < -0.3 is 0 Å². The Kier molecular flexibility index (Phi) is 4.15. The lowest BCUT2D eigenvalue weighted by Crippen LogP contribution is -2.36. The van der Waals surface area contributed by atoms with Crippen molar-refractivity contribution in [1.29, 1.82) is 0 Å². The quantitative estimate of drug-likeness (QED) is 0.800. The molecule has 0 radical (unpaired) electrons. The predicted molar refractivity (Wildman–Crippen MR) is 60.4 cm³/mol. The van der Waals surface area contributed by atoms with E-state index in [-0.39, 0.29) is 10.7 Å². The molecule has 5 heteroatoms. The summed E-state index contributed by atoms with van der Waals surface area (Å²) in [5.74, 6) is 0.352. The van der Waals surface area contributed by atoms with E-state index in [0.29, 0.717) is 12.5 Å². The predicted octanol–water partition coefficient (Wildman–Crippen LogP) is 1.63. The Morgan fingerprint density at radius 2 is 2.00 bits per heavy atom. The summed E-state index contributed by atoms with van der Waals surface area (Å²) in [6, 6.07) is 1.23. The summed E-state index contributed by atoms with van der Waals surface area (Å²) < 4.78 is 1.20. The van der Waals surface area contributed by atoms with Crippen molar-refractivity contribution in [3.8, 4) is 0 Å². The molecule has 15 heavy (non-hydrogen) atoms. The summed E-state index contributed by atoms with van der Waals surface area (Å²) in [7, 11) is 0. The molecule has 0 aliphatic rings. The molecular formula is C10H15ClN2O2. The van der Waals surface area contributed by atoms with Gasteiger partial charge in [-0.3, -0.25) is 14.3 Å². The van der Waals surface area contributed by atoms with Crippen molar-refractivity contribution in [1.82, 2.24) is 9.55 Å². The van der Waals surface area contributed by atoms with Crippen LogP contribution in [0.2, 0.25) is 5.15 Å². The van der Waals surface area contributed by atoms with E-state index in [1.54, 1.807) is 0 Å². The smallest absolute Gasteiger partial charge is 0.298 e. The first-order valence-electron chi connectivity index (χ1n) is 5.08. The molecule has 0 aromatic carbocycles. The lowest BCUT2D eigenvalue weighted by Gasteiger charge is -2.12. The maximum atomic E-state index is 11.5. The number of aromatic nitrogens is 2. The number of hydrogen-bond acceptors (Lipinski definition) is 2. The Labute approximate surface area is 92.9 Å². The monoisotopic (exact) mass is 230 g/mol. The van der Waals surface area contributed by atoms with Crippen LogP contribution in [0.15, 0.2) is 15.7 Å². The molecule has 0 unspecified atom stereocenters. The number of nitrogens with zero attached hydrogens (tertiary/aromatic N) is 1. The molecule has 84 valence electrons. The zero-order valence-electron chi connectivity index (χ0n) is 8.92. The molecule has 4 nitrogen and oxygen atoms in total. The highest BCUT2D eigenvalue weighted by atomic mass is 35.5. The first kappa shape index (κ1) is 12.0. The van der Waals surface area contributed by atoms with Crippen molar-refractivity contribution >= 4 is 11.6 Å². The van der Waals surface area contributed by atoms with Gasteiger partial charge in [-0.1, -0.05) is 38.3 Å². The number of H-pyrrole nitrogens is 1. The van der Waals surface area contributed by atoms with E-state index in [2.05, 4.69) is 4.98 Å². The van der Waals surface area contributed by atoms with Gasteiger partial charge in [0.2, 0.25) is 0 Å². The fraction of sp³-hybridized carbons (Fsp3) is 0.600. The summed E-state index contributed by atoms with van der Waals surface area (Å²) in [6.07, 6.45) is 1.90. The van der Waals surface area contributed by atoms with E-state index in [1.165, 1.54) is 10.6 Å². The molecule has 0 bridgehead atoms. The topological polar surface area (TPSA) is 54.9 Å². The van der Waals surface area contributed by atoms with Gasteiger partial charge in [0, 0.05) is 12.6 Å². The second-order valence-corrected chi connectivity index (χ2v) is 3.96. The van der Waals surface area contributed by atoms with Crippen molar-refractivity contribution in [2.45, 2.75) is 33.2 Å². The second kappa shape index (κ2) is 5.16. The highest BCUT2D eigenvalue weighted by Crippen LogP contribution is 2.08. The van der Waals surface area contributed by atoms with Gasteiger partial charge in [-0.2, -0.15) is 0 Å². The van der Waals surface area contributed by atoms with Gasteiger partial charge in [0.15, 0.2) is 0 Å². The number of rotatable bonds is 4. The van der Waals surface area contributed by atoms with Crippen LogP contribution in [0, 0.1) is 5.92 Å². The van der Waals surface area contributed by atoms with Crippen molar-refractivity contribution in [2.24, 2.45) is 5.92 Å². The molecule has 1 heterocycles. The molecule has 0 amide bonds. The number of nitrogens with one attached hydrogen (secondary N) is 1. The zero-order chi connectivity index (χ0) is 11.4. The summed E-state index contributed by atoms with van der Waals surface area (Å²) in [4.78, 5) is 25.3. The SMILES string of the molecule is CCC(CC)Cn1c(=O)cc(Cl)[nH]c1=O. The van der Waals surface area contributed by atoms with E-state index in [9.17, 15) is 9.59 Å². The highest BCUT2D eigenvalue weighted by Gasteiger charge is 2.09. The average molecular weight is 231 g/mol. The van der Waals surface area contributed by atoms with Crippen LogP contribution >= 0.6 is 11.6 Å². The minimum atomic E-state index is -0.431. The lowest BCUT2D eigenvalue weighted by atomic mass is 10.0. The Bertz CT molecular complexity index is 401. The van der Waals surface area contributed by atoms with Gasteiger partial charge in [-0.05, 0) is 5.92 Å². The third kappa shape index (κ3) is 2.96. The normalized spacial score (nSPS) is 10.9. The summed E-state index contributed by atoms with van der Waals surface area (Å²) in [6.45, 7) is 4.55. The standard InChI is InChI=1S/C10H15ClN2O2/c1-3-7(4-2)6-13-9(14)5-8(11)12-10(13)15/h5,7H,3-4,6H2,1-2H3,(H,12,15). The molecule has 0 spiro atoms. The molecule has 1 rings (SSSR count). The van der Waals surface area contributed by atoms with Crippen molar-refractivity contribution in [2.75, 3.05) is 0 Å². The fourth-order valence-corrected chi connectivity index (χ4v) is 1.64. The molecule has 0 aliphatic heterocycles. The molecule has 1 aromatic rings. The molecule has 0 fully saturated rings. The number of aromatic amines is 1. The van der Waals surface area contributed by atoms with Crippen molar-refractivity contribution in [3.63, 3.8) is 0 Å². The van der Waals surface area contributed by atoms with Crippen LogP contribution < -0.4 is 11.2 Å². The third-order valence-corrected chi connectivity index (χ3v) is 2.79. The Hall–Kier alpha value is -1.03. The van der Waals surface area contributed by atoms with Crippen LogP contribution in [0.4, 0.5) is 0 Å². The zero-order valence-corrected chi connectivity index (χ0v) is 9.67. The van der Waals surface area contributed by atoms with Gasteiger partial charge in [-0.15, -0.1) is 0 Å². The maximum Gasteiger partial charge on any atom is 0.329 e. The minimum absolute atomic E-state index is 0.0887. The van der Waals surface area contributed by atoms with Crippen molar-refractivity contribution < 1.29 is 0 Å². The van der Waals surface area contributed by atoms with Crippen LogP contribution in [0.5, 0.6) is 0 Å². The minimum Gasteiger partial charge on any atom is -0.298 e. The molecule has 0 aliphatic carbocycles. The molecular weight excluding hydrogens is 216 g/mol.